The van der Waals surface area contributed by atoms with Gasteiger partial charge in [-0.15, -0.1) is 0 Å². The Balaban J connectivity index is 0. The molecule has 78 valence electrons. The molecule has 0 heterocycles. The second-order valence-electron chi connectivity index (χ2n) is 2.95. The zero-order valence-corrected chi connectivity index (χ0v) is 11.2. The Kier molecular flexibility index (Phi) is 7.70. The second-order valence-corrected chi connectivity index (χ2v) is 2.95. The number of aliphatic hydroxyl groups is 1. The maximum absolute atomic E-state index is 11.4. The number of hydrogen-bond acceptors (Lipinski definition) is 3. The summed E-state index contributed by atoms with van der Waals surface area (Å²) in [5.41, 5.74) is 1.05. The van der Waals surface area contributed by atoms with Crippen LogP contribution in [0.2, 0.25) is 0 Å². The molecule has 4 heteroatoms. The molecule has 0 bridgehead atoms. The summed E-state index contributed by atoms with van der Waals surface area (Å²) in [6.07, 6.45) is 0.799. The summed E-state index contributed by atoms with van der Waals surface area (Å²) in [5, 5.41) is 8.98. The number of ether oxygens (including phenoxy) is 1. The predicted molar refractivity (Wildman–Crippen MR) is 54.1 cm³/mol. The summed E-state index contributed by atoms with van der Waals surface area (Å²) in [6.45, 7) is 2.21. The van der Waals surface area contributed by atoms with Gasteiger partial charge < -0.3 is 11.3 Å². The molecule has 3 nitrogen and oxygen atoms in total. The molecule has 1 N–H and O–H groups in total. The van der Waals surface area contributed by atoms with Crippen molar-refractivity contribution in [1.29, 1.82) is 0 Å². The maximum Gasteiger partial charge on any atom is 1.00 e. The normalized spacial score (nSPS) is 9.20. The number of carbonyl (C=O) groups is 1. The van der Waals surface area contributed by atoms with Crippen LogP contribution in [-0.2, 0) is 11.3 Å². The molecule has 15 heavy (non-hydrogen) atoms. The van der Waals surface area contributed by atoms with Crippen molar-refractivity contribution in [1.82, 2.24) is 0 Å². The first-order valence-corrected chi connectivity index (χ1v) is 4.65. The summed E-state index contributed by atoms with van der Waals surface area (Å²) < 4.78 is 4.97. The molecule has 0 fully saturated rings. The zero-order chi connectivity index (χ0) is 10.4. The molecule has 0 spiro atoms. The molecule has 1 rings (SSSR count). The summed E-state index contributed by atoms with van der Waals surface area (Å²) >= 11 is 0. The van der Waals surface area contributed by atoms with E-state index in [1.54, 1.807) is 24.3 Å². The van der Waals surface area contributed by atoms with Gasteiger partial charge in [0.15, 0.2) is 0 Å². The van der Waals surface area contributed by atoms with Crippen LogP contribution < -0.4 is 29.6 Å². The van der Waals surface area contributed by atoms with Gasteiger partial charge >= 0.3 is 35.5 Å². The fourth-order valence-corrected chi connectivity index (χ4v) is 1.13. The van der Waals surface area contributed by atoms with Crippen LogP contribution in [0.3, 0.4) is 0 Å². The topological polar surface area (TPSA) is 46.5 Å². The van der Waals surface area contributed by atoms with E-state index in [4.69, 9.17) is 9.84 Å². The minimum absolute atomic E-state index is 0. The summed E-state index contributed by atoms with van der Waals surface area (Å²) in [7, 11) is 0. The van der Waals surface area contributed by atoms with Gasteiger partial charge in [-0.1, -0.05) is 25.1 Å². The summed E-state index contributed by atoms with van der Waals surface area (Å²) in [4.78, 5) is 11.4. The maximum atomic E-state index is 11.4. The van der Waals surface area contributed by atoms with Crippen molar-refractivity contribution in [3.05, 3.63) is 35.4 Å². The van der Waals surface area contributed by atoms with Gasteiger partial charge in [0.1, 0.15) is 0 Å². The predicted octanol–water partition coefficient (Wildman–Crippen LogP) is -1.14. The van der Waals surface area contributed by atoms with Crippen molar-refractivity contribution in [2.45, 2.75) is 20.0 Å². The molecule has 0 atom stereocenters. The molecule has 0 radical (unpaired) electrons. The van der Waals surface area contributed by atoms with E-state index in [0.717, 1.165) is 6.42 Å². The van der Waals surface area contributed by atoms with Crippen LogP contribution >= 0.6 is 0 Å². The van der Waals surface area contributed by atoms with Crippen LogP contribution in [0.1, 0.15) is 30.7 Å². The summed E-state index contributed by atoms with van der Waals surface area (Å²) in [6, 6.07) is 6.90. The largest absolute Gasteiger partial charge is 1.00 e. The molecular formula is C11H15NaO3. The minimum Gasteiger partial charge on any atom is -1.00 e. The van der Waals surface area contributed by atoms with Crippen molar-refractivity contribution < 1.29 is 45.6 Å². The Hall–Kier alpha value is -0.350. The third-order valence-electron chi connectivity index (χ3n) is 1.84. The Morgan fingerprint density at radius 3 is 2.73 bits per heavy atom. The summed E-state index contributed by atoms with van der Waals surface area (Å²) in [5.74, 6) is -0.364. The van der Waals surface area contributed by atoms with E-state index in [1.807, 2.05) is 6.92 Å². The van der Waals surface area contributed by atoms with E-state index < -0.39 is 0 Å². The molecule has 0 unspecified atom stereocenters. The second kappa shape index (κ2) is 7.88. The third-order valence-corrected chi connectivity index (χ3v) is 1.84. The van der Waals surface area contributed by atoms with Crippen molar-refractivity contribution in [3.8, 4) is 0 Å². The van der Waals surface area contributed by atoms with Crippen molar-refractivity contribution in [2.75, 3.05) is 6.61 Å². The fourth-order valence-electron chi connectivity index (χ4n) is 1.13. The van der Waals surface area contributed by atoms with Crippen LogP contribution in [-0.4, -0.2) is 17.7 Å². The molecule has 0 aliphatic heterocycles. The standard InChI is InChI=1S/C11H14O3.Na.H/c1-2-7-14-11(13)10-6-4-3-5-9(10)8-12;;/h3-6,12H,2,7-8H2,1H3;;/q;+1;-1. The minimum atomic E-state index is -0.364. The van der Waals surface area contributed by atoms with Gasteiger partial charge in [0, 0.05) is 0 Å². The van der Waals surface area contributed by atoms with Crippen molar-refractivity contribution in [3.63, 3.8) is 0 Å². The Morgan fingerprint density at radius 2 is 2.13 bits per heavy atom. The number of carbonyl (C=O) groups excluding carboxylic acids is 1. The molecule has 0 aliphatic carbocycles. The molecule has 0 aromatic heterocycles. The third kappa shape index (κ3) is 4.34. The van der Waals surface area contributed by atoms with Crippen LogP contribution in [0.25, 0.3) is 0 Å². The van der Waals surface area contributed by atoms with Gasteiger partial charge in [-0.2, -0.15) is 0 Å². The monoisotopic (exact) mass is 218 g/mol. The number of aliphatic hydroxyl groups excluding tert-OH is 1. The van der Waals surface area contributed by atoms with Crippen LogP contribution in [0, 0.1) is 0 Å². The first-order valence-electron chi connectivity index (χ1n) is 4.65. The van der Waals surface area contributed by atoms with E-state index in [0.29, 0.717) is 17.7 Å². The van der Waals surface area contributed by atoms with Crippen LogP contribution in [0.15, 0.2) is 24.3 Å². The van der Waals surface area contributed by atoms with Gasteiger partial charge in [0.2, 0.25) is 0 Å². The molecule has 1 aromatic rings. The van der Waals surface area contributed by atoms with Gasteiger partial charge in [0.25, 0.3) is 0 Å². The van der Waals surface area contributed by atoms with E-state index in [2.05, 4.69) is 0 Å². The van der Waals surface area contributed by atoms with E-state index in [-0.39, 0.29) is 43.6 Å². The zero-order valence-electron chi connectivity index (χ0n) is 10.2. The van der Waals surface area contributed by atoms with Gasteiger partial charge in [-0.05, 0) is 18.1 Å². The van der Waals surface area contributed by atoms with Crippen molar-refractivity contribution >= 4 is 5.97 Å². The SMILES string of the molecule is CCCOC(=O)c1ccccc1CO.[H-].[Na+]. The van der Waals surface area contributed by atoms with E-state index >= 15 is 0 Å². The van der Waals surface area contributed by atoms with Gasteiger partial charge in [-0.25, -0.2) is 4.79 Å². The number of esters is 1. The average molecular weight is 218 g/mol. The number of benzene rings is 1. The molecule has 0 saturated carbocycles. The van der Waals surface area contributed by atoms with E-state index in [9.17, 15) is 4.79 Å². The Bertz CT molecular complexity index is 318. The Morgan fingerprint density at radius 1 is 1.47 bits per heavy atom. The van der Waals surface area contributed by atoms with Gasteiger partial charge in [-0.3, -0.25) is 0 Å². The number of rotatable bonds is 4. The van der Waals surface area contributed by atoms with E-state index in [1.165, 1.54) is 0 Å². The first-order chi connectivity index (χ1) is 6.79. The fraction of sp³-hybridized carbons (Fsp3) is 0.364. The molecule has 0 saturated heterocycles. The molecule has 0 amide bonds. The molecule has 0 aliphatic rings. The number of hydrogen-bond donors (Lipinski definition) is 1. The first kappa shape index (κ1) is 14.6. The quantitative estimate of drug-likeness (QED) is 0.513. The molecule has 1 aromatic carbocycles. The van der Waals surface area contributed by atoms with Crippen LogP contribution in [0.4, 0.5) is 0 Å². The van der Waals surface area contributed by atoms with Crippen LogP contribution in [0.5, 0.6) is 0 Å². The Labute approximate surface area is 113 Å². The molecular weight excluding hydrogens is 203 g/mol. The van der Waals surface area contributed by atoms with Crippen molar-refractivity contribution in [2.24, 2.45) is 0 Å². The smallest absolute Gasteiger partial charge is 1.00 e. The average Bonchev–Trinajstić information content (AvgIpc) is 2.25. The van der Waals surface area contributed by atoms with Gasteiger partial charge in [0.05, 0.1) is 18.8 Å².